The molecule has 0 spiro atoms. The van der Waals surface area contributed by atoms with Gasteiger partial charge in [0.2, 0.25) is 10.0 Å². The molecule has 3 aromatic rings. The lowest BCUT2D eigenvalue weighted by molar-refractivity contribution is 0.414. The van der Waals surface area contributed by atoms with Gasteiger partial charge in [0.25, 0.3) is 0 Å². The van der Waals surface area contributed by atoms with Gasteiger partial charge in [-0.05, 0) is 54.4 Å². The van der Waals surface area contributed by atoms with Crippen LogP contribution in [0.1, 0.15) is 22.7 Å². The van der Waals surface area contributed by atoms with Crippen molar-refractivity contribution in [1.29, 1.82) is 0 Å². The fourth-order valence-electron chi connectivity index (χ4n) is 2.75. The molecule has 0 saturated heterocycles. The Kier molecular flexibility index (Phi) is 5.85. The van der Waals surface area contributed by atoms with Crippen LogP contribution in [-0.4, -0.2) is 15.5 Å². The number of hydrogen-bond acceptors (Lipinski definition) is 3. The molecule has 3 rings (SSSR count). The van der Waals surface area contributed by atoms with Crippen LogP contribution in [0, 0.1) is 6.92 Å². The Hall–Kier alpha value is -2.34. The van der Waals surface area contributed by atoms with E-state index >= 15 is 0 Å². The quantitative estimate of drug-likeness (QED) is 0.649. The number of aryl methyl sites for hydroxylation is 1. The summed E-state index contributed by atoms with van der Waals surface area (Å²) in [6, 6.07) is 20.6. The molecule has 0 aliphatic heterocycles. The molecule has 27 heavy (non-hydrogen) atoms. The van der Waals surface area contributed by atoms with Crippen LogP contribution in [-0.2, 0) is 10.0 Å². The fourth-order valence-corrected chi connectivity index (χ4v) is 4.16. The summed E-state index contributed by atoms with van der Waals surface area (Å²) in [5.41, 5.74) is 2.53. The standard InChI is InChI=1S/C21H20ClNO3S/c1-15-6-12-20(13-7-15)27(24,25)23-21(17-4-3-5-18(22)14-17)16-8-10-19(26-2)11-9-16/h3-14,21,23H,1-2H3. The van der Waals surface area contributed by atoms with Gasteiger partial charge in [0.1, 0.15) is 5.75 Å². The number of ether oxygens (including phenoxy) is 1. The molecule has 0 radical (unpaired) electrons. The van der Waals surface area contributed by atoms with Crippen LogP contribution in [0.4, 0.5) is 0 Å². The predicted molar refractivity (Wildman–Crippen MR) is 108 cm³/mol. The van der Waals surface area contributed by atoms with Crippen molar-refractivity contribution in [3.05, 3.63) is 94.5 Å². The molecule has 4 nitrogen and oxygen atoms in total. The lowest BCUT2D eigenvalue weighted by Gasteiger charge is -2.20. The SMILES string of the molecule is COc1ccc(C(NS(=O)(=O)c2ccc(C)cc2)c2cccc(Cl)c2)cc1. The maximum absolute atomic E-state index is 12.9. The first kappa shape index (κ1) is 19.4. The van der Waals surface area contributed by atoms with Gasteiger partial charge in [-0.15, -0.1) is 0 Å². The number of nitrogens with one attached hydrogen (secondary N) is 1. The minimum Gasteiger partial charge on any atom is -0.497 e. The van der Waals surface area contributed by atoms with Crippen molar-refractivity contribution in [3.8, 4) is 5.75 Å². The van der Waals surface area contributed by atoms with E-state index in [1.54, 1.807) is 61.7 Å². The summed E-state index contributed by atoms with van der Waals surface area (Å²) in [6.45, 7) is 1.91. The van der Waals surface area contributed by atoms with Crippen molar-refractivity contribution in [3.63, 3.8) is 0 Å². The van der Waals surface area contributed by atoms with E-state index in [1.807, 2.05) is 25.1 Å². The Morgan fingerprint density at radius 2 is 1.59 bits per heavy atom. The van der Waals surface area contributed by atoms with Crippen LogP contribution in [0.25, 0.3) is 0 Å². The summed E-state index contributed by atoms with van der Waals surface area (Å²) < 4.78 is 33.9. The molecule has 0 bridgehead atoms. The molecule has 1 N–H and O–H groups in total. The molecule has 0 saturated carbocycles. The van der Waals surface area contributed by atoms with Gasteiger partial charge in [0.05, 0.1) is 18.0 Å². The van der Waals surface area contributed by atoms with Gasteiger partial charge in [-0.3, -0.25) is 0 Å². The van der Waals surface area contributed by atoms with Crippen molar-refractivity contribution in [1.82, 2.24) is 4.72 Å². The van der Waals surface area contributed by atoms with Gasteiger partial charge in [-0.25, -0.2) is 8.42 Å². The molecule has 0 aliphatic carbocycles. The van der Waals surface area contributed by atoms with E-state index in [9.17, 15) is 8.42 Å². The smallest absolute Gasteiger partial charge is 0.241 e. The summed E-state index contributed by atoms with van der Waals surface area (Å²) in [6.07, 6.45) is 0. The first-order valence-electron chi connectivity index (χ1n) is 8.37. The largest absolute Gasteiger partial charge is 0.497 e. The van der Waals surface area contributed by atoms with Gasteiger partial charge in [0.15, 0.2) is 0 Å². The van der Waals surface area contributed by atoms with Crippen molar-refractivity contribution in [2.75, 3.05) is 7.11 Å². The highest BCUT2D eigenvalue weighted by molar-refractivity contribution is 7.89. The highest BCUT2D eigenvalue weighted by Gasteiger charge is 2.23. The van der Waals surface area contributed by atoms with Gasteiger partial charge >= 0.3 is 0 Å². The number of hydrogen-bond donors (Lipinski definition) is 1. The van der Waals surface area contributed by atoms with Gasteiger partial charge in [-0.2, -0.15) is 4.72 Å². The molecule has 6 heteroatoms. The van der Waals surface area contributed by atoms with E-state index in [-0.39, 0.29) is 4.90 Å². The van der Waals surface area contributed by atoms with Crippen molar-refractivity contribution in [2.45, 2.75) is 17.9 Å². The highest BCUT2D eigenvalue weighted by atomic mass is 35.5. The van der Waals surface area contributed by atoms with Gasteiger partial charge in [0, 0.05) is 5.02 Å². The zero-order chi connectivity index (χ0) is 19.4. The van der Waals surface area contributed by atoms with Crippen molar-refractivity contribution in [2.24, 2.45) is 0 Å². The second-order valence-corrected chi connectivity index (χ2v) is 8.35. The third kappa shape index (κ3) is 4.69. The Labute approximate surface area is 164 Å². The normalized spacial score (nSPS) is 12.6. The average molecular weight is 402 g/mol. The molecular formula is C21H20ClNO3S. The second kappa shape index (κ2) is 8.13. The van der Waals surface area contributed by atoms with Crippen molar-refractivity contribution < 1.29 is 13.2 Å². The molecule has 0 aromatic heterocycles. The minimum atomic E-state index is -3.73. The molecule has 0 amide bonds. The third-order valence-electron chi connectivity index (χ3n) is 4.24. The highest BCUT2D eigenvalue weighted by Crippen LogP contribution is 2.28. The van der Waals surface area contributed by atoms with E-state index < -0.39 is 16.1 Å². The topological polar surface area (TPSA) is 55.4 Å². The minimum absolute atomic E-state index is 0.216. The lowest BCUT2D eigenvalue weighted by atomic mass is 10.00. The molecular weight excluding hydrogens is 382 g/mol. The average Bonchev–Trinajstić information content (AvgIpc) is 2.67. The summed E-state index contributed by atoms with van der Waals surface area (Å²) in [5.74, 6) is 0.699. The van der Waals surface area contributed by atoms with Gasteiger partial charge < -0.3 is 4.74 Å². The molecule has 140 valence electrons. The van der Waals surface area contributed by atoms with Crippen LogP contribution in [0.5, 0.6) is 5.75 Å². The van der Waals surface area contributed by atoms with Crippen molar-refractivity contribution >= 4 is 21.6 Å². The number of sulfonamides is 1. The molecule has 0 fully saturated rings. The molecule has 0 aliphatic rings. The van der Waals surface area contributed by atoms with E-state index in [0.29, 0.717) is 10.8 Å². The zero-order valence-corrected chi connectivity index (χ0v) is 16.6. The number of halogens is 1. The Morgan fingerprint density at radius 1 is 0.926 bits per heavy atom. The van der Waals surface area contributed by atoms with E-state index in [2.05, 4.69) is 4.72 Å². The fraction of sp³-hybridized carbons (Fsp3) is 0.143. The van der Waals surface area contributed by atoms with Gasteiger partial charge in [-0.1, -0.05) is 53.6 Å². The third-order valence-corrected chi connectivity index (χ3v) is 5.91. The number of methoxy groups -OCH3 is 1. The predicted octanol–water partition coefficient (Wildman–Crippen LogP) is 4.72. The Balaban J connectivity index is 2.02. The molecule has 0 heterocycles. The second-order valence-electron chi connectivity index (χ2n) is 6.20. The zero-order valence-electron chi connectivity index (χ0n) is 15.0. The van der Waals surface area contributed by atoms with Crippen LogP contribution in [0.3, 0.4) is 0 Å². The van der Waals surface area contributed by atoms with E-state index in [4.69, 9.17) is 16.3 Å². The molecule has 3 aromatic carbocycles. The molecule has 1 atom stereocenters. The maximum atomic E-state index is 12.9. The monoisotopic (exact) mass is 401 g/mol. The van der Waals surface area contributed by atoms with E-state index in [0.717, 1.165) is 16.7 Å². The number of rotatable bonds is 6. The Bertz CT molecular complexity index is 1020. The molecule has 1 unspecified atom stereocenters. The summed E-state index contributed by atoms with van der Waals surface area (Å²) in [5, 5.41) is 0.542. The van der Waals surface area contributed by atoms with Crippen LogP contribution >= 0.6 is 11.6 Å². The maximum Gasteiger partial charge on any atom is 0.241 e. The summed E-state index contributed by atoms with van der Waals surface area (Å²) in [4.78, 5) is 0.216. The first-order valence-corrected chi connectivity index (χ1v) is 10.2. The van der Waals surface area contributed by atoms with Crippen LogP contribution in [0.2, 0.25) is 5.02 Å². The van der Waals surface area contributed by atoms with E-state index in [1.165, 1.54) is 0 Å². The summed E-state index contributed by atoms with van der Waals surface area (Å²) in [7, 11) is -2.14. The first-order chi connectivity index (χ1) is 12.9. The number of benzene rings is 3. The van der Waals surface area contributed by atoms with Crippen LogP contribution in [0.15, 0.2) is 77.7 Å². The lowest BCUT2D eigenvalue weighted by Crippen LogP contribution is -2.29. The van der Waals surface area contributed by atoms with Crippen LogP contribution < -0.4 is 9.46 Å². The Morgan fingerprint density at radius 3 is 2.19 bits per heavy atom. The summed E-state index contributed by atoms with van der Waals surface area (Å²) >= 11 is 6.13.